The molecule has 1 rings (SSSR count). The van der Waals surface area contributed by atoms with Crippen LogP contribution < -0.4 is 5.73 Å². The highest BCUT2D eigenvalue weighted by molar-refractivity contribution is 5.74. The zero-order valence-electron chi connectivity index (χ0n) is 9.44. The second-order valence-electron chi connectivity index (χ2n) is 4.41. The van der Waals surface area contributed by atoms with Gasteiger partial charge >= 0.3 is 0 Å². The molecule has 1 aromatic carbocycles. The van der Waals surface area contributed by atoms with Crippen molar-refractivity contribution in [1.82, 2.24) is 0 Å². The Labute approximate surface area is 91.5 Å². The van der Waals surface area contributed by atoms with Crippen molar-refractivity contribution in [3.8, 4) is 0 Å². The second-order valence-corrected chi connectivity index (χ2v) is 4.41. The predicted molar refractivity (Wildman–Crippen MR) is 62.4 cm³/mol. The van der Waals surface area contributed by atoms with Crippen LogP contribution in [-0.2, 0) is 4.79 Å². The van der Waals surface area contributed by atoms with E-state index in [0.29, 0.717) is 12.3 Å². The zero-order valence-corrected chi connectivity index (χ0v) is 9.44. The maximum atomic E-state index is 11.0. The molecule has 0 aliphatic rings. The highest BCUT2D eigenvalue weighted by Gasteiger charge is 2.15. The molecular weight excluding hydrogens is 186 g/mol. The van der Waals surface area contributed by atoms with Gasteiger partial charge in [-0.15, -0.1) is 0 Å². The van der Waals surface area contributed by atoms with Crippen LogP contribution in [0, 0.1) is 5.92 Å². The number of hydrogen-bond acceptors (Lipinski definition) is 1. The summed E-state index contributed by atoms with van der Waals surface area (Å²) in [6.07, 6.45) is 1.45. The molecule has 0 bridgehead atoms. The monoisotopic (exact) mass is 205 g/mol. The van der Waals surface area contributed by atoms with E-state index in [1.165, 1.54) is 5.56 Å². The van der Waals surface area contributed by atoms with E-state index in [1.54, 1.807) is 0 Å². The Balaban J connectivity index is 2.76. The van der Waals surface area contributed by atoms with Crippen LogP contribution >= 0.6 is 0 Å². The number of primary amides is 1. The number of amides is 1. The summed E-state index contributed by atoms with van der Waals surface area (Å²) >= 11 is 0. The van der Waals surface area contributed by atoms with Gasteiger partial charge in [0.05, 0.1) is 0 Å². The Hall–Kier alpha value is -1.31. The fourth-order valence-corrected chi connectivity index (χ4v) is 1.87. The number of hydrogen-bond donors (Lipinski definition) is 1. The SMILES string of the molecule is CC(C)C[C@@H](CC(N)=O)c1ccccc1. The largest absolute Gasteiger partial charge is 0.370 e. The maximum absolute atomic E-state index is 11.0. The van der Waals surface area contributed by atoms with E-state index in [0.717, 1.165) is 6.42 Å². The van der Waals surface area contributed by atoms with Crippen LogP contribution in [0.25, 0.3) is 0 Å². The summed E-state index contributed by atoms with van der Waals surface area (Å²) in [5.41, 5.74) is 6.48. The molecule has 0 fully saturated rings. The third-order valence-corrected chi connectivity index (χ3v) is 2.47. The van der Waals surface area contributed by atoms with Crippen LogP contribution in [0.5, 0.6) is 0 Å². The third kappa shape index (κ3) is 4.15. The van der Waals surface area contributed by atoms with E-state index in [1.807, 2.05) is 18.2 Å². The van der Waals surface area contributed by atoms with Crippen molar-refractivity contribution in [2.24, 2.45) is 11.7 Å². The van der Waals surface area contributed by atoms with Crippen LogP contribution in [0.2, 0.25) is 0 Å². The van der Waals surface area contributed by atoms with E-state index in [-0.39, 0.29) is 11.8 Å². The van der Waals surface area contributed by atoms with Crippen molar-refractivity contribution in [2.75, 3.05) is 0 Å². The summed E-state index contributed by atoms with van der Waals surface area (Å²) in [5.74, 6) is 0.628. The number of carbonyl (C=O) groups is 1. The minimum absolute atomic E-state index is 0.218. The predicted octanol–water partition coefficient (Wildman–Crippen LogP) is 2.69. The molecule has 0 spiro atoms. The van der Waals surface area contributed by atoms with E-state index in [2.05, 4.69) is 26.0 Å². The van der Waals surface area contributed by atoms with Gasteiger partial charge in [0.1, 0.15) is 0 Å². The molecule has 0 radical (unpaired) electrons. The minimum Gasteiger partial charge on any atom is -0.370 e. The third-order valence-electron chi connectivity index (χ3n) is 2.47. The minimum atomic E-state index is -0.218. The maximum Gasteiger partial charge on any atom is 0.218 e. The highest BCUT2D eigenvalue weighted by Crippen LogP contribution is 2.26. The fourth-order valence-electron chi connectivity index (χ4n) is 1.87. The van der Waals surface area contributed by atoms with Crippen molar-refractivity contribution in [3.05, 3.63) is 35.9 Å². The van der Waals surface area contributed by atoms with Gasteiger partial charge in [-0.05, 0) is 23.8 Å². The van der Waals surface area contributed by atoms with Gasteiger partial charge in [0.25, 0.3) is 0 Å². The topological polar surface area (TPSA) is 43.1 Å². The fraction of sp³-hybridized carbons (Fsp3) is 0.462. The summed E-state index contributed by atoms with van der Waals surface area (Å²) in [4.78, 5) is 11.0. The Morgan fingerprint density at radius 2 is 1.87 bits per heavy atom. The summed E-state index contributed by atoms with van der Waals surface area (Å²) < 4.78 is 0. The molecule has 1 atom stereocenters. The Kier molecular flexibility index (Phi) is 4.35. The van der Waals surface area contributed by atoms with Crippen molar-refractivity contribution >= 4 is 5.91 Å². The molecule has 0 unspecified atom stereocenters. The lowest BCUT2D eigenvalue weighted by atomic mass is 9.88. The summed E-state index contributed by atoms with van der Waals surface area (Å²) in [7, 11) is 0. The number of nitrogens with two attached hydrogens (primary N) is 1. The molecule has 1 amide bonds. The van der Waals surface area contributed by atoms with Gasteiger partial charge < -0.3 is 5.73 Å². The number of carbonyl (C=O) groups excluding carboxylic acids is 1. The van der Waals surface area contributed by atoms with E-state index in [4.69, 9.17) is 5.73 Å². The number of benzene rings is 1. The lowest BCUT2D eigenvalue weighted by molar-refractivity contribution is -0.118. The smallest absolute Gasteiger partial charge is 0.218 e. The first kappa shape index (κ1) is 11.8. The van der Waals surface area contributed by atoms with Gasteiger partial charge in [-0.1, -0.05) is 44.2 Å². The molecule has 1 aromatic rings. The molecule has 82 valence electrons. The first-order chi connectivity index (χ1) is 7.09. The highest BCUT2D eigenvalue weighted by atomic mass is 16.1. The first-order valence-electron chi connectivity index (χ1n) is 5.43. The van der Waals surface area contributed by atoms with Crippen molar-refractivity contribution in [3.63, 3.8) is 0 Å². The molecule has 0 aliphatic heterocycles. The first-order valence-corrected chi connectivity index (χ1v) is 5.43. The van der Waals surface area contributed by atoms with Gasteiger partial charge in [-0.2, -0.15) is 0 Å². The zero-order chi connectivity index (χ0) is 11.3. The average molecular weight is 205 g/mol. The van der Waals surface area contributed by atoms with Gasteiger partial charge in [0.15, 0.2) is 0 Å². The van der Waals surface area contributed by atoms with E-state index < -0.39 is 0 Å². The van der Waals surface area contributed by atoms with Crippen molar-refractivity contribution < 1.29 is 4.79 Å². The Morgan fingerprint density at radius 1 is 1.27 bits per heavy atom. The lowest BCUT2D eigenvalue weighted by Crippen LogP contribution is -2.16. The standard InChI is InChI=1S/C13H19NO/c1-10(2)8-12(9-13(14)15)11-6-4-3-5-7-11/h3-7,10,12H,8-9H2,1-2H3,(H2,14,15)/t12-/m0/s1. The molecule has 0 saturated heterocycles. The summed E-state index contributed by atoms with van der Waals surface area (Å²) in [6.45, 7) is 4.33. The number of rotatable bonds is 5. The van der Waals surface area contributed by atoms with Crippen molar-refractivity contribution in [1.29, 1.82) is 0 Å². The molecule has 2 nitrogen and oxygen atoms in total. The van der Waals surface area contributed by atoms with Gasteiger partial charge in [-0.25, -0.2) is 0 Å². The van der Waals surface area contributed by atoms with Crippen LogP contribution in [0.4, 0.5) is 0 Å². The molecule has 0 aliphatic carbocycles. The molecule has 15 heavy (non-hydrogen) atoms. The quantitative estimate of drug-likeness (QED) is 0.789. The van der Waals surface area contributed by atoms with Crippen LogP contribution in [0.15, 0.2) is 30.3 Å². The Bertz CT molecular complexity index is 306. The van der Waals surface area contributed by atoms with E-state index >= 15 is 0 Å². The van der Waals surface area contributed by atoms with Crippen LogP contribution in [0.1, 0.15) is 38.2 Å². The lowest BCUT2D eigenvalue weighted by Gasteiger charge is -2.17. The van der Waals surface area contributed by atoms with Crippen LogP contribution in [0.3, 0.4) is 0 Å². The average Bonchev–Trinajstić information content (AvgIpc) is 2.17. The van der Waals surface area contributed by atoms with Gasteiger partial charge in [0, 0.05) is 6.42 Å². The Morgan fingerprint density at radius 3 is 2.33 bits per heavy atom. The molecule has 2 heteroatoms. The van der Waals surface area contributed by atoms with Gasteiger partial charge in [-0.3, -0.25) is 4.79 Å². The summed E-state index contributed by atoms with van der Waals surface area (Å²) in [5, 5.41) is 0. The molecule has 0 heterocycles. The van der Waals surface area contributed by atoms with Gasteiger partial charge in [0.2, 0.25) is 5.91 Å². The molecule has 0 saturated carbocycles. The molecule has 2 N–H and O–H groups in total. The summed E-state index contributed by atoms with van der Waals surface area (Å²) in [6, 6.07) is 10.1. The van der Waals surface area contributed by atoms with E-state index in [9.17, 15) is 4.79 Å². The van der Waals surface area contributed by atoms with Crippen LogP contribution in [-0.4, -0.2) is 5.91 Å². The van der Waals surface area contributed by atoms with Crippen molar-refractivity contribution in [2.45, 2.75) is 32.6 Å². The molecule has 0 aromatic heterocycles. The molecular formula is C13H19NO. The normalized spacial score (nSPS) is 12.7. The second kappa shape index (κ2) is 5.54.